The molecule has 0 aromatic heterocycles. The van der Waals surface area contributed by atoms with Crippen molar-refractivity contribution in [3.63, 3.8) is 0 Å². The van der Waals surface area contributed by atoms with Gasteiger partial charge in [-0.15, -0.1) is 0 Å². The molecular formula is C37H51N5O4. The number of carbonyl (C=O) groups excluding carboxylic acids is 3. The third-order valence-electron chi connectivity index (χ3n) is 10.3. The second-order valence-electron chi connectivity index (χ2n) is 13.9. The summed E-state index contributed by atoms with van der Waals surface area (Å²) in [7, 11) is 0. The summed E-state index contributed by atoms with van der Waals surface area (Å²) < 4.78 is 5.94. The highest BCUT2D eigenvalue weighted by atomic mass is 16.5. The van der Waals surface area contributed by atoms with E-state index in [-0.39, 0.29) is 36.4 Å². The van der Waals surface area contributed by atoms with E-state index in [2.05, 4.69) is 16.3 Å². The number of ether oxygens (including phenoxy) is 1. The average Bonchev–Trinajstić information content (AvgIpc) is 3.08. The van der Waals surface area contributed by atoms with E-state index < -0.39 is 5.92 Å². The predicted octanol–water partition coefficient (Wildman–Crippen LogP) is 5.54. The highest BCUT2D eigenvalue weighted by Crippen LogP contribution is 2.29. The van der Waals surface area contributed by atoms with Gasteiger partial charge in [-0.25, -0.2) is 4.79 Å². The molecule has 0 radical (unpaired) electrons. The first-order valence-electron chi connectivity index (χ1n) is 17.6. The van der Waals surface area contributed by atoms with E-state index in [1.165, 1.54) is 32.4 Å². The van der Waals surface area contributed by atoms with Crippen molar-refractivity contribution in [3.05, 3.63) is 59.7 Å². The molecule has 9 heteroatoms. The summed E-state index contributed by atoms with van der Waals surface area (Å²) in [6.45, 7) is 9.65. The third-order valence-corrected chi connectivity index (χ3v) is 10.3. The lowest BCUT2D eigenvalue weighted by Crippen LogP contribution is -2.52. The molecule has 0 unspecified atom stereocenters. The summed E-state index contributed by atoms with van der Waals surface area (Å²) >= 11 is 0. The molecule has 0 aliphatic carbocycles. The summed E-state index contributed by atoms with van der Waals surface area (Å²) in [6.07, 6.45) is 8.13. The van der Waals surface area contributed by atoms with Crippen LogP contribution in [0.5, 0.6) is 5.75 Å². The Labute approximate surface area is 274 Å². The molecule has 6 rings (SSSR count). The molecule has 1 N–H and O–H groups in total. The van der Waals surface area contributed by atoms with Crippen molar-refractivity contribution in [2.45, 2.75) is 96.4 Å². The van der Waals surface area contributed by atoms with Gasteiger partial charge >= 0.3 is 6.03 Å². The minimum atomic E-state index is -0.421. The first kappa shape index (κ1) is 32.4. The van der Waals surface area contributed by atoms with Gasteiger partial charge in [0.05, 0.1) is 12.0 Å². The summed E-state index contributed by atoms with van der Waals surface area (Å²) in [4.78, 5) is 49.3. The number of benzene rings is 2. The number of nitrogens with one attached hydrogen (secondary N) is 1. The van der Waals surface area contributed by atoms with Crippen LogP contribution in [0.4, 0.5) is 10.5 Å². The van der Waals surface area contributed by atoms with Gasteiger partial charge in [0.25, 0.3) is 0 Å². The molecule has 0 saturated carbocycles. The lowest BCUT2D eigenvalue weighted by molar-refractivity contribution is -0.143. The van der Waals surface area contributed by atoms with Crippen LogP contribution in [0.3, 0.4) is 0 Å². The van der Waals surface area contributed by atoms with Crippen molar-refractivity contribution in [2.24, 2.45) is 5.92 Å². The zero-order valence-electron chi connectivity index (χ0n) is 27.7. The fourth-order valence-corrected chi connectivity index (χ4v) is 7.83. The van der Waals surface area contributed by atoms with Crippen LogP contribution in [0.15, 0.2) is 48.5 Å². The Morgan fingerprint density at radius 3 is 2.28 bits per heavy atom. The van der Waals surface area contributed by atoms with Crippen molar-refractivity contribution in [2.75, 3.05) is 44.6 Å². The first-order chi connectivity index (χ1) is 22.3. The van der Waals surface area contributed by atoms with Gasteiger partial charge in [0.1, 0.15) is 5.75 Å². The molecular weight excluding hydrogens is 578 g/mol. The smallest absolute Gasteiger partial charge is 0.322 e. The van der Waals surface area contributed by atoms with E-state index in [1.807, 2.05) is 71.0 Å². The normalized spacial score (nSPS) is 20.8. The number of nitrogens with zero attached hydrogens (tertiary/aromatic N) is 4. The molecule has 0 bridgehead atoms. The Bertz CT molecular complexity index is 1360. The van der Waals surface area contributed by atoms with Gasteiger partial charge in [-0.3, -0.25) is 9.59 Å². The molecule has 46 heavy (non-hydrogen) atoms. The van der Waals surface area contributed by atoms with Crippen LogP contribution in [0.1, 0.15) is 76.3 Å². The number of anilines is 1. The lowest BCUT2D eigenvalue weighted by Gasteiger charge is -2.41. The van der Waals surface area contributed by atoms with Crippen LogP contribution in [0.2, 0.25) is 0 Å². The molecule has 2 aromatic carbocycles. The largest absolute Gasteiger partial charge is 0.491 e. The highest BCUT2D eigenvalue weighted by molar-refractivity contribution is 5.92. The number of urea groups is 1. The van der Waals surface area contributed by atoms with Crippen LogP contribution in [0, 0.1) is 5.92 Å². The Balaban J connectivity index is 1.09. The van der Waals surface area contributed by atoms with Crippen molar-refractivity contribution < 1.29 is 19.1 Å². The van der Waals surface area contributed by atoms with Crippen molar-refractivity contribution in [3.8, 4) is 5.75 Å². The molecule has 4 amide bonds. The van der Waals surface area contributed by atoms with Crippen LogP contribution in [-0.2, 0) is 22.6 Å². The van der Waals surface area contributed by atoms with E-state index in [0.29, 0.717) is 32.1 Å². The van der Waals surface area contributed by atoms with Crippen LogP contribution in [-0.4, -0.2) is 94.9 Å². The van der Waals surface area contributed by atoms with E-state index in [9.17, 15) is 14.4 Å². The number of amides is 4. The summed E-state index contributed by atoms with van der Waals surface area (Å²) in [5.74, 6) is 0.497. The highest BCUT2D eigenvalue weighted by Gasteiger charge is 2.36. The van der Waals surface area contributed by atoms with E-state index >= 15 is 0 Å². The van der Waals surface area contributed by atoms with Gasteiger partial charge in [0, 0.05) is 56.9 Å². The van der Waals surface area contributed by atoms with E-state index in [0.717, 1.165) is 61.3 Å². The average molecular weight is 630 g/mol. The fourth-order valence-electron chi connectivity index (χ4n) is 7.83. The van der Waals surface area contributed by atoms with Gasteiger partial charge in [-0.1, -0.05) is 36.8 Å². The number of hydrogen-bond acceptors (Lipinski definition) is 5. The quantitative estimate of drug-likeness (QED) is 0.394. The van der Waals surface area contributed by atoms with Crippen molar-refractivity contribution >= 4 is 23.5 Å². The molecule has 2 aromatic rings. The zero-order valence-corrected chi connectivity index (χ0v) is 27.7. The number of carbonyl (C=O) groups is 3. The summed E-state index contributed by atoms with van der Waals surface area (Å²) in [5, 5.41) is 3.02. The number of para-hydroxylation sites is 1. The van der Waals surface area contributed by atoms with Gasteiger partial charge in [0.2, 0.25) is 11.8 Å². The third kappa shape index (κ3) is 7.85. The van der Waals surface area contributed by atoms with Gasteiger partial charge < -0.3 is 29.7 Å². The number of rotatable bonds is 9. The maximum absolute atomic E-state index is 14.1. The molecule has 0 spiro atoms. The number of likely N-dealkylation sites (tertiary alicyclic amines) is 3. The Hall–Kier alpha value is -3.59. The number of hydrogen-bond donors (Lipinski definition) is 1. The molecule has 3 fully saturated rings. The maximum atomic E-state index is 14.1. The molecule has 9 nitrogen and oxygen atoms in total. The Morgan fingerprint density at radius 1 is 0.848 bits per heavy atom. The van der Waals surface area contributed by atoms with Gasteiger partial charge in [-0.05, 0) is 101 Å². The second-order valence-corrected chi connectivity index (χ2v) is 13.9. The van der Waals surface area contributed by atoms with Crippen LogP contribution >= 0.6 is 0 Å². The van der Waals surface area contributed by atoms with Gasteiger partial charge in [0.15, 0.2) is 0 Å². The van der Waals surface area contributed by atoms with Crippen molar-refractivity contribution in [1.82, 2.24) is 19.6 Å². The van der Waals surface area contributed by atoms with E-state index in [4.69, 9.17) is 4.74 Å². The molecule has 4 heterocycles. The monoisotopic (exact) mass is 629 g/mol. The van der Waals surface area contributed by atoms with Crippen molar-refractivity contribution in [1.29, 1.82) is 0 Å². The topological polar surface area (TPSA) is 85.4 Å². The maximum Gasteiger partial charge on any atom is 0.322 e. The SMILES string of the molecule is CC(C)Oc1cccc(C[C@H](CC(=O)N2CCC(N3Cc4ccccc4NC3=O)CC2)C(=O)N2CCC(N3CCCCC3)CC2)c1. The second kappa shape index (κ2) is 14.9. The molecule has 1 atom stereocenters. The summed E-state index contributed by atoms with van der Waals surface area (Å²) in [5.41, 5.74) is 3.01. The molecule has 3 saturated heterocycles. The zero-order chi connectivity index (χ0) is 32.0. The van der Waals surface area contributed by atoms with Crippen LogP contribution < -0.4 is 10.1 Å². The number of piperidine rings is 3. The molecule has 248 valence electrons. The standard InChI is InChI=1S/C37H51N5O4/c1-27(2)46-33-11-8-9-28(24-33)23-30(36(44)41-21-13-31(14-22-41)39-17-6-3-7-18-39)25-35(43)40-19-15-32(16-20-40)42-26-29-10-4-5-12-34(29)38-37(42)45/h4-5,8-12,24,27,30-32H,3,6-7,13-23,25-26H2,1-2H3,(H,38,45)/t30-/m1/s1. The predicted molar refractivity (Wildman–Crippen MR) is 180 cm³/mol. The minimum absolute atomic E-state index is 0.0306. The fraction of sp³-hybridized carbons (Fsp3) is 0.595. The minimum Gasteiger partial charge on any atom is -0.491 e. The van der Waals surface area contributed by atoms with E-state index in [1.54, 1.807) is 0 Å². The lowest BCUT2D eigenvalue weighted by atomic mass is 9.91. The molecule has 4 aliphatic rings. The summed E-state index contributed by atoms with van der Waals surface area (Å²) in [6, 6.07) is 16.5. The van der Waals surface area contributed by atoms with Crippen LogP contribution in [0.25, 0.3) is 0 Å². The Kier molecular flexibility index (Phi) is 10.5. The first-order valence-corrected chi connectivity index (χ1v) is 17.6. The molecule has 4 aliphatic heterocycles. The Morgan fingerprint density at radius 2 is 1.54 bits per heavy atom. The number of fused-ring (bicyclic) bond motifs is 1. The van der Waals surface area contributed by atoms with Gasteiger partial charge in [-0.2, -0.15) is 0 Å².